The molecular weight excluding hydrogens is 282 g/mol. The molecule has 0 amide bonds. The zero-order chi connectivity index (χ0) is 15.1. The second kappa shape index (κ2) is 8.62. The van der Waals surface area contributed by atoms with Crippen molar-refractivity contribution in [2.45, 2.75) is 26.2 Å². The highest BCUT2D eigenvalue weighted by Gasteiger charge is 2.19. The van der Waals surface area contributed by atoms with E-state index in [1.165, 1.54) is 30.6 Å². The number of hydrogen-bond donors (Lipinski definition) is 1. The first kappa shape index (κ1) is 16.6. The molecule has 0 atom stereocenters. The number of aryl methyl sites for hydroxylation is 1. The zero-order valence-electron chi connectivity index (χ0n) is 13.4. The summed E-state index contributed by atoms with van der Waals surface area (Å²) in [7, 11) is 2.02. The number of unbranched alkanes of at least 4 members (excludes halogenated alkanes) is 1. The molecule has 1 N–H and O–H groups in total. The molecule has 21 heavy (non-hydrogen) atoms. The van der Waals surface area contributed by atoms with E-state index in [1.54, 1.807) is 0 Å². The van der Waals surface area contributed by atoms with Crippen molar-refractivity contribution in [3.05, 3.63) is 28.8 Å². The van der Waals surface area contributed by atoms with Crippen molar-refractivity contribution >= 4 is 17.3 Å². The maximum absolute atomic E-state index is 6.53. The van der Waals surface area contributed by atoms with E-state index in [4.69, 9.17) is 11.6 Å². The fourth-order valence-corrected chi connectivity index (χ4v) is 3.31. The van der Waals surface area contributed by atoms with Gasteiger partial charge in [-0.1, -0.05) is 30.7 Å². The lowest BCUT2D eigenvalue weighted by molar-refractivity contribution is 0.253. The molecule has 1 aromatic carbocycles. The van der Waals surface area contributed by atoms with Crippen molar-refractivity contribution in [2.75, 3.05) is 51.2 Å². The van der Waals surface area contributed by atoms with Gasteiger partial charge < -0.3 is 10.2 Å². The summed E-state index contributed by atoms with van der Waals surface area (Å²) >= 11 is 6.53. The minimum absolute atomic E-state index is 0.947. The van der Waals surface area contributed by atoms with Gasteiger partial charge in [0, 0.05) is 26.2 Å². The van der Waals surface area contributed by atoms with Gasteiger partial charge >= 0.3 is 0 Å². The number of nitrogens with zero attached hydrogens (tertiary/aromatic N) is 2. The molecule has 1 aromatic rings. The van der Waals surface area contributed by atoms with Crippen LogP contribution in [0.1, 0.15) is 25.3 Å². The van der Waals surface area contributed by atoms with Crippen molar-refractivity contribution in [3.63, 3.8) is 0 Å². The van der Waals surface area contributed by atoms with Gasteiger partial charge in [0.25, 0.3) is 0 Å². The van der Waals surface area contributed by atoms with E-state index < -0.39 is 0 Å². The van der Waals surface area contributed by atoms with Crippen molar-refractivity contribution in [2.24, 2.45) is 0 Å². The highest BCUT2D eigenvalue weighted by molar-refractivity contribution is 6.34. The molecule has 1 saturated heterocycles. The Bertz CT molecular complexity index is 428. The van der Waals surface area contributed by atoms with Gasteiger partial charge in [0.1, 0.15) is 0 Å². The smallest absolute Gasteiger partial charge is 0.0671 e. The molecule has 0 unspecified atom stereocenters. The first-order valence-electron chi connectivity index (χ1n) is 8.15. The largest absolute Gasteiger partial charge is 0.368 e. The minimum Gasteiger partial charge on any atom is -0.368 e. The van der Waals surface area contributed by atoms with E-state index in [2.05, 4.69) is 40.2 Å². The van der Waals surface area contributed by atoms with Gasteiger partial charge in [-0.3, -0.25) is 4.90 Å². The van der Waals surface area contributed by atoms with Gasteiger partial charge in [-0.05, 0) is 51.0 Å². The molecule has 2 rings (SSSR count). The molecule has 0 saturated carbocycles. The number of piperazine rings is 1. The molecule has 1 aliphatic rings. The van der Waals surface area contributed by atoms with Crippen LogP contribution < -0.4 is 10.2 Å². The third-order valence-corrected chi connectivity index (χ3v) is 4.74. The standard InChI is InChI=1S/C17H28ClN3/c1-3-15-7-6-8-16(17(15)18)21-13-11-20(12-14-21)10-5-4-9-19-2/h6-8,19H,3-5,9-14H2,1-2H3. The van der Waals surface area contributed by atoms with E-state index in [9.17, 15) is 0 Å². The Labute approximate surface area is 134 Å². The summed E-state index contributed by atoms with van der Waals surface area (Å²) in [5.41, 5.74) is 2.47. The van der Waals surface area contributed by atoms with Crippen LogP contribution in [-0.4, -0.2) is 51.2 Å². The van der Waals surface area contributed by atoms with Gasteiger partial charge in [0.2, 0.25) is 0 Å². The monoisotopic (exact) mass is 309 g/mol. The summed E-state index contributed by atoms with van der Waals surface area (Å²) in [6.45, 7) is 8.96. The normalized spacial score (nSPS) is 16.4. The van der Waals surface area contributed by atoms with Crippen LogP contribution in [0.3, 0.4) is 0 Å². The molecule has 0 radical (unpaired) electrons. The number of benzene rings is 1. The fraction of sp³-hybridized carbons (Fsp3) is 0.647. The van der Waals surface area contributed by atoms with Crippen molar-refractivity contribution < 1.29 is 0 Å². The molecule has 3 nitrogen and oxygen atoms in total. The second-order valence-electron chi connectivity index (χ2n) is 5.74. The molecule has 0 aliphatic carbocycles. The Balaban J connectivity index is 1.84. The number of hydrogen-bond acceptors (Lipinski definition) is 3. The maximum atomic E-state index is 6.53. The molecule has 118 valence electrons. The number of rotatable bonds is 7. The van der Waals surface area contributed by atoms with Gasteiger partial charge in [-0.25, -0.2) is 0 Å². The maximum Gasteiger partial charge on any atom is 0.0671 e. The van der Waals surface area contributed by atoms with Crippen molar-refractivity contribution in [1.82, 2.24) is 10.2 Å². The summed E-state index contributed by atoms with van der Waals surface area (Å²) < 4.78 is 0. The third kappa shape index (κ3) is 4.60. The minimum atomic E-state index is 0.947. The highest BCUT2D eigenvalue weighted by Crippen LogP contribution is 2.30. The number of anilines is 1. The molecule has 1 fully saturated rings. The quantitative estimate of drug-likeness (QED) is 0.781. The van der Waals surface area contributed by atoms with Crippen LogP contribution in [-0.2, 0) is 6.42 Å². The van der Waals surface area contributed by atoms with Crippen LogP contribution in [0.25, 0.3) is 0 Å². The molecule has 0 aromatic heterocycles. The van der Waals surface area contributed by atoms with E-state index >= 15 is 0 Å². The Hall–Kier alpha value is -0.770. The molecule has 0 bridgehead atoms. The topological polar surface area (TPSA) is 18.5 Å². The average Bonchev–Trinajstić information content (AvgIpc) is 2.53. The van der Waals surface area contributed by atoms with Crippen molar-refractivity contribution in [1.29, 1.82) is 0 Å². The lowest BCUT2D eigenvalue weighted by Crippen LogP contribution is -2.46. The summed E-state index contributed by atoms with van der Waals surface area (Å²) in [4.78, 5) is 5.01. The van der Waals surface area contributed by atoms with Crippen LogP contribution in [0.15, 0.2) is 18.2 Å². The highest BCUT2D eigenvalue weighted by atomic mass is 35.5. The van der Waals surface area contributed by atoms with Crippen LogP contribution >= 0.6 is 11.6 Å². The Kier molecular flexibility index (Phi) is 6.81. The molecule has 0 spiro atoms. The molecule has 4 heteroatoms. The predicted molar refractivity (Wildman–Crippen MR) is 92.6 cm³/mol. The van der Waals surface area contributed by atoms with E-state index in [1.807, 2.05) is 7.05 Å². The molecular formula is C17H28ClN3. The van der Waals surface area contributed by atoms with Crippen LogP contribution in [0.2, 0.25) is 5.02 Å². The van der Waals surface area contributed by atoms with Gasteiger partial charge in [0.15, 0.2) is 0 Å². The Morgan fingerprint density at radius 1 is 1.14 bits per heavy atom. The molecule has 1 heterocycles. The molecule has 1 aliphatic heterocycles. The Morgan fingerprint density at radius 2 is 1.90 bits per heavy atom. The Morgan fingerprint density at radius 3 is 2.57 bits per heavy atom. The van der Waals surface area contributed by atoms with Gasteiger partial charge in [-0.15, -0.1) is 0 Å². The predicted octanol–water partition coefficient (Wildman–Crippen LogP) is 3.02. The van der Waals surface area contributed by atoms with Crippen LogP contribution in [0, 0.1) is 0 Å². The second-order valence-corrected chi connectivity index (χ2v) is 6.12. The van der Waals surface area contributed by atoms with E-state index in [0.717, 1.165) is 44.2 Å². The zero-order valence-corrected chi connectivity index (χ0v) is 14.1. The average molecular weight is 310 g/mol. The van der Waals surface area contributed by atoms with Crippen LogP contribution in [0.5, 0.6) is 0 Å². The number of nitrogens with one attached hydrogen (secondary N) is 1. The third-order valence-electron chi connectivity index (χ3n) is 4.30. The summed E-state index contributed by atoms with van der Waals surface area (Å²) in [6.07, 6.45) is 3.55. The van der Waals surface area contributed by atoms with Crippen molar-refractivity contribution in [3.8, 4) is 0 Å². The van der Waals surface area contributed by atoms with Crippen LogP contribution in [0.4, 0.5) is 5.69 Å². The van der Waals surface area contributed by atoms with E-state index in [-0.39, 0.29) is 0 Å². The summed E-state index contributed by atoms with van der Waals surface area (Å²) in [5, 5.41) is 4.16. The van der Waals surface area contributed by atoms with Gasteiger partial charge in [-0.2, -0.15) is 0 Å². The van der Waals surface area contributed by atoms with Gasteiger partial charge in [0.05, 0.1) is 10.7 Å². The summed E-state index contributed by atoms with van der Waals surface area (Å²) in [5.74, 6) is 0. The first-order valence-corrected chi connectivity index (χ1v) is 8.53. The van der Waals surface area contributed by atoms with E-state index in [0.29, 0.717) is 0 Å². The first-order chi connectivity index (χ1) is 10.3. The lowest BCUT2D eigenvalue weighted by atomic mass is 10.1. The SMILES string of the molecule is CCc1cccc(N2CCN(CCCCNC)CC2)c1Cl. The summed E-state index contributed by atoms with van der Waals surface area (Å²) in [6, 6.07) is 6.41. The lowest BCUT2D eigenvalue weighted by Gasteiger charge is -2.36. The number of halogens is 1. The fourth-order valence-electron chi connectivity index (χ4n) is 2.93.